The second-order valence-electron chi connectivity index (χ2n) is 4.92. The molecule has 0 bridgehead atoms. The lowest BCUT2D eigenvalue weighted by Gasteiger charge is -2.36. The number of hydrogen-bond acceptors (Lipinski definition) is 6. The number of carbonyl (C=O) groups excluding carboxylic acids is 1. The van der Waals surface area contributed by atoms with Gasteiger partial charge in [-0.25, -0.2) is 4.79 Å². The molecule has 0 aromatic heterocycles. The highest BCUT2D eigenvalue weighted by Gasteiger charge is 2.46. The van der Waals surface area contributed by atoms with Crippen LogP contribution >= 0.6 is 0 Å². The maximum atomic E-state index is 12.1. The number of nitrogens with one attached hydrogen (secondary N) is 1. The van der Waals surface area contributed by atoms with Gasteiger partial charge >= 0.3 is 5.97 Å². The minimum atomic E-state index is -1.18. The van der Waals surface area contributed by atoms with E-state index in [0.717, 1.165) is 0 Å². The average molecular weight is 296 g/mol. The predicted molar refractivity (Wildman–Crippen MR) is 72.4 cm³/mol. The van der Waals surface area contributed by atoms with Crippen LogP contribution in [0.4, 0.5) is 11.4 Å². The van der Waals surface area contributed by atoms with Crippen LogP contribution in [-0.4, -0.2) is 51.2 Å². The smallest absolute Gasteiger partial charge is 0.335 e. The first-order valence-electron chi connectivity index (χ1n) is 6.31. The molecular formula is C13H16N2O6. The summed E-state index contributed by atoms with van der Waals surface area (Å²) in [5.41, 5.74) is 0.838. The zero-order valence-electron chi connectivity index (χ0n) is 11.1. The summed E-state index contributed by atoms with van der Waals surface area (Å²) in [4.78, 5) is 24.2. The van der Waals surface area contributed by atoms with Crippen molar-refractivity contribution in [3.63, 3.8) is 0 Å². The number of anilines is 2. The van der Waals surface area contributed by atoms with Crippen molar-refractivity contribution in [2.45, 2.75) is 18.4 Å². The summed E-state index contributed by atoms with van der Waals surface area (Å²) in [5, 5.41) is 37.2. The Labute approximate surface area is 120 Å². The van der Waals surface area contributed by atoms with Gasteiger partial charge in [-0.15, -0.1) is 0 Å². The first-order chi connectivity index (χ1) is 9.99. The molecule has 1 saturated heterocycles. The summed E-state index contributed by atoms with van der Waals surface area (Å²) in [7, 11) is 0. The van der Waals surface area contributed by atoms with Crippen LogP contribution in [0, 0.1) is 0 Å². The Morgan fingerprint density at radius 1 is 1.33 bits per heavy atom. The number of nitrogens with zero attached hydrogens (tertiary/aromatic N) is 1. The first-order valence-corrected chi connectivity index (χ1v) is 6.31. The molecule has 1 heterocycles. The lowest BCUT2D eigenvalue weighted by atomic mass is 9.97. The third-order valence-corrected chi connectivity index (χ3v) is 3.72. The molecule has 1 fully saturated rings. The molecule has 1 amide bonds. The second-order valence-corrected chi connectivity index (χ2v) is 4.92. The standard InChI is InChI=1S/C13H16N2O6/c16-6-13(7-17)4-3-11(18)15(13)10-2-1-8(12(19)20)5-9(10)14-21/h1-2,5,14,16-17,21H,3-4,6-7H2,(H,19,20). The van der Waals surface area contributed by atoms with Crippen LogP contribution in [0.25, 0.3) is 0 Å². The number of aliphatic hydroxyl groups is 2. The fourth-order valence-electron chi connectivity index (χ4n) is 2.52. The number of aliphatic hydroxyl groups excluding tert-OH is 2. The molecule has 5 N–H and O–H groups in total. The largest absolute Gasteiger partial charge is 0.478 e. The van der Waals surface area contributed by atoms with E-state index in [1.165, 1.54) is 23.1 Å². The lowest BCUT2D eigenvalue weighted by Crippen LogP contribution is -2.52. The van der Waals surface area contributed by atoms with E-state index in [-0.39, 0.29) is 35.7 Å². The molecule has 8 heteroatoms. The zero-order valence-corrected chi connectivity index (χ0v) is 11.1. The number of carboxylic acid groups (broad SMARTS) is 1. The van der Waals surface area contributed by atoms with E-state index < -0.39 is 24.7 Å². The molecule has 1 aliphatic heterocycles. The van der Waals surface area contributed by atoms with Crippen LogP contribution in [0.2, 0.25) is 0 Å². The van der Waals surface area contributed by atoms with Crippen molar-refractivity contribution < 1.29 is 30.1 Å². The molecule has 0 unspecified atom stereocenters. The zero-order chi connectivity index (χ0) is 15.6. The molecule has 1 aliphatic rings. The van der Waals surface area contributed by atoms with Crippen molar-refractivity contribution in [2.24, 2.45) is 0 Å². The molecule has 2 rings (SSSR count). The van der Waals surface area contributed by atoms with Gasteiger partial charge in [0.15, 0.2) is 0 Å². The Balaban J connectivity index is 2.53. The molecule has 8 nitrogen and oxygen atoms in total. The Kier molecular flexibility index (Phi) is 4.12. The van der Waals surface area contributed by atoms with Crippen LogP contribution in [0.1, 0.15) is 23.2 Å². The SMILES string of the molecule is O=C(O)c1ccc(N2C(=O)CCC2(CO)CO)c(NO)c1. The van der Waals surface area contributed by atoms with Crippen LogP contribution in [0.5, 0.6) is 0 Å². The third kappa shape index (κ3) is 2.44. The van der Waals surface area contributed by atoms with Crippen LogP contribution in [-0.2, 0) is 4.79 Å². The summed E-state index contributed by atoms with van der Waals surface area (Å²) in [6, 6.07) is 3.80. The van der Waals surface area contributed by atoms with Crippen LogP contribution in [0.15, 0.2) is 18.2 Å². The molecule has 114 valence electrons. The quantitative estimate of drug-likeness (QED) is 0.485. The van der Waals surface area contributed by atoms with Crippen LogP contribution in [0.3, 0.4) is 0 Å². The van der Waals surface area contributed by atoms with Gasteiger partial charge in [0.05, 0.1) is 35.7 Å². The van der Waals surface area contributed by atoms with Gasteiger partial charge < -0.3 is 15.3 Å². The number of benzene rings is 1. The molecule has 21 heavy (non-hydrogen) atoms. The number of rotatable bonds is 5. The fourth-order valence-corrected chi connectivity index (χ4v) is 2.52. The molecule has 0 atom stereocenters. The second kappa shape index (κ2) is 5.68. The lowest BCUT2D eigenvalue weighted by molar-refractivity contribution is -0.117. The Hall–Kier alpha value is -2.16. The third-order valence-electron chi connectivity index (χ3n) is 3.72. The predicted octanol–water partition coefficient (Wildman–Crippen LogP) is 0.0361. The monoisotopic (exact) mass is 296 g/mol. The number of hydrogen-bond donors (Lipinski definition) is 5. The summed E-state index contributed by atoms with van der Waals surface area (Å²) in [5.74, 6) is -1.50. The highest BCUT2D eigenvalue weighted by molar-refractivity contribution is 6.01. The van der Waals surface area contributed by atoms with Crippen molar-refractivity contribution in [1.29, 1.82) is 0 Å². The van der Waals surface area contributed by atoms with Gasteiger partial charge in [-0.1, -0.05) is 0 Å². The minimum Gasteiger partial charge on any atom is -0.478 e. The van der Waals surface area contributed by atoms with Gasteiger partial charge in [0.2, 0.25) is 5.91 Å². The number of carboxylic acids is 1. The Morgan fingerprint density at radius 3 is 2.52 bits per heavy atom. The Morgan fingerprint density at radius 2 is 2.00 bits per heavy atom. The summed E-state index contributed by atoms with van der Waals surface area (Å²) in [6.45, 7) is -0.887. The van der Waals surface area contributed by atoms with Gasteiger partial charge in [-0.05, 0) is 24.6 Å². The average Bonchev–Trinajstić information content (AvgIpc) is 2.83. The van der Waals surface area contributed by atoms with Gasteiger partial charge in [0, 0.05) is 6.42 Å². The number of aromatic carboxylic acids is 1. The maximum Gasteiger partial charge on any atom is 0.335 e. The molecule has 1 aromatic rings. The van der Waals surface area contributed by atoms with Gasteiger partial charge in [0.25, 0.3) is 0 Å². The van der Waals surface area contributed by atoms with Crippen molar-refractivity contribution in [1.82, 2.24) is 0 Å². The van der Waals surface area contributed by atoms with Crippen molar-refractivity contribution >= 4 is 23.3 Å². The van der Waals surface area contributed by atoms with E-state index in [4.69, 9.17) is 5.11 Å². The summed E-state index contributed by atoms with van der Waals surface area (Å²) in [6.07, 6.45) is 0.414. The Bertz CT molecular complexity index is 570. The van der Waals surface area contributed by atoms with Crippen LogP contribution < -0.4 is 10.4 Å². The van der Waals surface area contributed by atoms with E-state index in [1.54, 1.807) is 0 Å². The highest BCUT2D eigenvalue weighted by atomic mass is 16.5. The molecule has 1 aromatic carbocycles. The first kappa shape index (κ1) is 15.2. The van der Waals surface area contributed by atoms with Crippen molar-refractivity contribution in [3.8, 4) is 0 Å². The minimum absolute atomic E-state index is 0.0106. The number of amides is 1. The fraction of sp³-hybridized carbons (Fsp3) is 0.385. The van der Waals surface area contributed by atoms with Gasteiger partial charge in [-0.2, -0.15) is 0 Å². The van der Waals surface area contributed by atoms with Crippen molar-refractivity contribution in [3.05, 3.63) is 23.8 Å². The normalized spacial score (nSPS) is 17.1. The van der Waals surface area contributed by atoms with Gasteiger partial charge in [0.1, 0.15) is 0 Å². The van der Waals surface area contributed by atoms with Crippen molar-refractivity contribution in [2.75, 3.05) is 23.6 Å². The summed E-state index contributed by atoms with van der Waals surface area (Å²) >= 11 is 0. The maximum absolute atomic E-state index is 12.1. The molecule has 0 spiro atoms. The topological polar surface area (TPSA) is 130 Å². The van der Waals surface area contributed by atoms with E-state index in [2.05, 4.69) is 0 Å². The van der Waals surface area contributed by atoms with E-state index >= 15 is 0 Å². The highest BCUT2D eigenvalue weighted by Crippen LogP contribution is 2.39. The van der Waals surface area contributed by atoms with E-state index in [9.17, 15) is 25.0 Å². The molecule has 0 aliphatic carbocycles. The number of carbonyl (C=O) groups is 2. The van der Waals surface area contributed by atoms with E-state index in [0.29, 0.717) is 0 Å². The molecule has 0 saturated carbocycles. The molecule has 0 radical (unpaired) electrons. The van der Waals surface area contributed by atoms with E-state index in [1.807, 2.05) is 5.48 Å². The molecular weight excluding hydrogens is 280 g/mol. The summed E-state index contributed by atoms with van der Waals surface area (Å²) < 4.78 is 0. The van der Waals surface area contributed by atoms with Gasteiger partial charge in [-0.3, -0.25) is 20.4 Å².